The van der Waals surface area contributed by atoms with E-state index < -0.39 is 0 Å². The molecule has 0 bridgehead atoms. The molecule has 0 saturated carbocycles. The van der Waals surface area contributed by atoms with E-state index in [1.165, 1.54) is 18.9 Å². The summed E-state index contributed by atoms with van der Waals surface area (Å²) in [6.45, 7) is 2.02. The average Bonchev–Trinajstić information content (AvgIpc) is 3.23. The van der Waals surface area contributed by atoms with Crippen LogP contribution in [0.5, 0.6) is 5.75 Å². The maximum Gasteiger partial charge on any atom is 0.234 e. The number of nitrogens with zero attached hydrogens (tertiary/aromatic N) is 5. The molecule has 0 spiro atoms. The molecule has 0 aliphatic heterocycles. The van der Waals surface area contributed by atoms with E-state index >= 15 is 0 Å². The fourth-order valence-electron chi connectivity index (χ4n) is 2.94. The minimum absolute atomic E-state index is 0.133. The molecule has 0 aliphatic carbocycles. The summed E-state index contributed by atoms with van der Waals surface area (Å²) in [5, 5.41) is 12.4. The van der Waals surface area contributed by atoms with Gasteiger partial charge in [-0.25, -0.2) is 4.98 Å². The number of methoxy groups -OCH3 is 1. The molecule has 2 heterocycles. The lowest BCUT2D eigenvalue weighted by Gasteiger charge is -2.11. The lowest BCUT2D eigenvalue weighted by molar-refractivity contribution is -0.113. The van der Waals surface area contributed by atoms with Crippen molar-refractivity contribution >= 4 is 35.0 Å². The van der Waals surface area contributed by atoms with Gasteiger partial charge in [0.05, 0.1) is 24.1 Å². The number of aryl methyl sites for hydroxylation is 1. The van der Waals surface area contributed by atoms with Crippen LogP contribution in [-0.2, 0) is 4.79 Å². The van der Waals surface area contributed by atoms with Gasteiger partial charge in [0.25, 0.3) is 0 Å². The number of nitrogens with one attached hydrogen (secondary N) is 1. The molecule has 0 aliphatic rings. The van der Waals surface area contributed by atoms with Crippen LogP contribution in [0.3, 0.4) is 0 Å². The molecule has 0 unspecified atom stereocenters. The summed E-state index contributed by atoms with van der Waals surface area (Å²) in [7, 11) is 1.54. The molecule has 2 aromatic heterocycles. The van der Waals surface area contributed by atoms with Crippen molar-refractivity contribution in [1.82, 2.24) is 24.7 Å². The van der Waals surface area contributed by atoms with Crippen molar-refractivity contribution in [2.24, 2.45) is 0 Å². The number of amides is 1. The molecule has 0 fully saturated rings. The van der Waals surface area contributed by atoms with E-state index in [4.69, 9.17) is 16.3 Å². The first kappa shape index (κ1) is 21.8. The Balaban J connectivity index is 1.55. The topological polar surface area (TPSA) is 94.8 Å². The predicted octanol–water partition coefficient (Wildman–Crippen LogP) is 4.43. The van der Waals surface area contributed by atoms with Crippen molar-refractivity contribution in [3.63, 3.8) is 0 Å². The van der Waals surface area contributed by atoms with E-state index in [9.17, 15) is 4.79 Å². The number of hydrogen-bond acceptors (Lipinski definition) is 7. The van der Waals surface area contributed by atoms with Crippen LogP contribution < -0.4 is 10.1 Å². The Kier molecular flexibility index (Phi) is 6.67. The van der Waals surface area contributed by atoms with E-state index in [1.54, 1.807) is 36.8 Å². The Morgan fingerprint density at radius 2 is 1.97 bits per heavy atom. The van der Waals surface area contributed by atoms with Crippen LogP contribution in [0.25, 0.3) is 17.2 Å². The zero-order valence-electron chi connectivity index (χ0n) is 17.3. The molecule has 0 radical (unpaired) electrons. The minimum atomic E-state index is -0.198. The van der Waals surface area contributed by atoms with Crippen molar-refractivity contribution in [3.05, 3.63) is 71.6 Å². The number of hydrogen-bond donors (Lipinski definition) is 1. The average molecular weight is 467 g/mol. The summed E-state index contributed by atoms with van der Waals surface area (Å²) in [5.74, 6) is 1.03. The summed E-state index contributed by atoms with van der Waals surface area (Å²) in [4.78, 5) is 21.0. The molecule has 0 atom stereocenters. The molecule has 10 heteroatoms. The molecule has 2 aromatic carbocycles. The van der Waals surface area contributed by atoms with Crippen molar-refractivity contribution in [2.45, 2.75) is 12.1 Å². The summed E-state index contributed by atoms with van der Waals surface area (Å²) < 4.78 is 7.00. The summed E-state index contributed by atoms with van der Waals surface area (Å²) in [5.41, 5.74) is 3.17. The number of aromatic nitrogens is 5. The van der Waals surface area contributed by atoms with Crippen molar-refractivity contribution in [1.29, 1.82) is 0 Å². The largest absolute Gasteiger partial charge is 0.495 e. The number of benzene rings is 2. The van der Waals surface area contributed by atoms with Crippen molar-refractivity contribution in [3.8, 4) is 23.0 Å². The standard InChI is InChI=1S/C22H19ClN6O2S/c1-14-3-6-16(7-4-14)29-21(18-12-24-9-10-25-18)27-28-22(29)32-13-20(30)26-15-5-8-19(31-2)17(23)11-15/h3-12H,13H2,1-2H3,(H,26,30). The maximum atomic E-state index is 12.5. The van der Waals surface area contributed by atoms with Gasteiger partial charge in [0.15, 0.2) is 11.0 Å². The molecular weight excluding hydrogens is 448 g/mol. The highest BCUT2D eigenvalue weighted by Crippen LogP contribution is 2.29. The van der Waals surface area contributed by atoms with Gasteiger partial charge in [-0.2, -0.15) is 0 Å². The number of ether oxygens (including phenoxy) is 1. The van der Waals surface area contributed by atoms with Gasteiger partial charge in [-0.1, -0.05) is 41.1 Å². The highest BCUT2D eigenvalue weighted by atomic mass is 35.5. The first-order valence-corrected chi connectivity index (χ1v) is 11.0. The Hall–Kier alpha value is -3.43. The van der Waals surface area contributed by atoms with Gasteiger partial charge < -0.3 is 10.1 Å². The van der Waals surface area contributed by atoms with Gasteiger partial charge >= 0.3 is 0 Å². The Morgan fingerprint density at radius 3 is 2.66 bits per heavy atom. The lowest BCUT2D eigenvalue weighted by Crippen LogP contribution is -2.14. The Morgan fingerprint density at radius 1 is 1.16 bits per heavy atom. The molecule has 1 amide bonds. The second kappa shape index (κ2) is 9.80. The van der Waals surface area contributed by atoms with Crippen LogP contribution in [0.15, 0.2) is 66.2 Å². The second-order valence-corrected chi connectivity index (χ2v) is 8.10. The molecule has 162 valence electrons. The maximum absolute atomic E-state index is 12.5. The number of anilines is 1. The molecule has 4 aromatic rings. The normalized spacial score (nSPS) is 10.7. The first-order chi connectivity index (χ1) is 15.5. The quantitative estimate of drug-likeness (QED) is 0.402. The Labute approximate surface area is 194 Å². The molecule has 4 rings (SSSR count). The third-order valence-corrected chi connectivity index (χ3v) is 5.71. The third kappa shape index (κ3) is 4.90. The molecule has 1 N–H and O–H groups in total. The van der Waals surface area contributed by atoms with Gasteiger partial charge in [-0.3, -0.25) is 14.3 Å². The van der Waals surface area contributed by atoms with Crippen LogP contribution in [0, 0.1) is 6.92 Å². The second-order valence-electron chi connectivity index (χ2n) is 6.75. The summed E-state index contributed by atoms with van der Waals surface area (Å²) in [6.07, 6.45) is 4.83. The number of thioether (sulfide) groups is 1. The monoisotopic (exact) mass is 466 g/mol. The minimum Gasteiger partial charge on any atom is -0.495 e. The summed E-state index contributed by atoms with van der Waals surface area (Å²) in [6, 6.07) is 13.0. The zero-order chi connectivity index (χ0) is 22.5. The SMILES string of the molecule is COc1ccc(NC(=O)CSc2nnc(-c3cnccn3)n2-c2ccc(C)cc2)cc1Cl. The van der Waals surface area contributed by atoms with Crippen LogP contribution in [0.2, 0.25) is 5.02 Å². The fourth-order valence-corrected chi connectivity index (χ4v) is 3.95. The van der Waals surface area contributed by atoms with E-state index in [1.807, 2.05) is 35.8 Å². The number of carbonyl (C=O) groups is 1. The number of halogens is 1. The van der Waals surface area contributed by atoms with Gasteiger partial charge in [0.1, 0.15) is 11.4 Å². The summed E-state index contributed by atoms with van der Waals surface area (Å²) >= 11 is 7.40. The molecule has 32 heavy (non-hydrogen) atoms. The van der Waals surface area contributed by atoms with Gasteiger partial charge in [0, 0.05) is 23.8 Å². The van der Waals surface area contributed by atoms with Crippen LogP contribution in [-0.4, -0.2) is 43.5 Å². The Bertz CT molecular complexity index is 1230. The highest BCUT2D eigenvalue weighted by Gasteiger charge is 2.18. The van der Waals surface area contributed by atoms with Crippen LogP contribution >= 0.6 is 23.4 Å². The van der Waals surface area contributed by atoms with Crippen molar-refractivity contribution in [2.75, 3.05) is 18.2 Å². The molecule has 0 saturated heterocycles. The van der Waals surface area contributed by atoms with E-state index in [2.05, 4.69) is 25.5 Å². The number of rotatable bonds is 7. The van der Waals surface area contributed by atoms with Crippen LogP contribution in [0.4, 0.5) is 5.69 Å². The predicted molar refractivity (Wildman–Crippen MR) is 124 cm³/mol. The number of carbonyl (C=O) groups excluding carboxylic acids is 1. The van der Waals surface area contributed by atoms with E-state index in [-0.39, 0.29) is 11.7 Å². The van der Waals surface area contributed by atoms with Gasteiger partial charge in [-0.05, 0) is 37.3 Å². The fraction of sp³-hybridized carbons (Fsp3) is 0.136. The zero-order valence-corrected chi connectivity index (χ0v) is 18.9. The van der Waals surface area contributed by atoms with E-state index in [0.717, 1.165) is 11.3 Å². The molecular formula is C22H19ClN6O2S. The van der Waals surface area contributed by atoms with Gasteiger partial charge in [0.2, 0.25) is 5.91 Å². The highest BCUT2D eigenvalue weighted by molar-refractivity contribution is 7.99. The van der Waals surface area contributed by atoms with Crippen LogP contribution in [0.1, 0.15) is 5.56 Å². The van der Waals surface area contributed by atoms with Crippen molar-refractivity contribution < 1.29 is 9.53 Å². The first-order valence-electron chi connectivity index (χ1n) is 9.60. The smallest absolute Gasteiger partial charge is 0.234 e. The van der Waals surface area contributed by atoms with E-state index in [0.29, 0.717) is 33.1 Å². The molecule has 8 nitrogen and oxygen atoms in total. The lowest BCUT2D eigenvalue weighted by atomic mass is 10.2. The third-order valence-electron chi connectivity index (χ3n) is 4.49. The van der Waals surface area contributed by atoms with Gasteiger partial charge in [-0.15, -0.1) is 10.2 Å².